The number of hydrogen-bond acceptors (Lipinski definition) is 3. The van der Waals surface area contributed by atoms with E-state index in [0.29, 0.717) is 0 Å². The van der Waals surface area contributed by atoms with Crippen LogP contribution in [0.3, 0.4) is 0 Å². The number of ether oxygens (including phenoxy) is 1. The fraction of sp³-hybridized carbons (Fsp3) is 0.143. The molecule has 0 heterocycles. The SMILES string of the molecule is COc1cc(Nc2cc(N)ccc2C)ccc1Br. The van der Waals surface area contributed by atoms with Gasteiger partial charge in [0.2, 0.25) is 0 Å². The molecule has 4 heteroatoms. The summed E-state index contributed by atoms with van der Waals surface area (Å²) >= 11 is 3.43. The van der Waals surface area contributed by atoms with Gasteiger partial charge in [0.05, 0.1) is 11.6 Å². The molecule has 0 amide bonds. The Morgan fingerprint density at radius 1 is 1.17 bits per heavy atom. The van der Waals surface area contributed by atoms with Gasteiger partial charge in [-0.05, 0) is 52.7 Å². The van der Waals surface area contributed by atoms with Crippen LogP contribution in [0.15, 0.2) is 40.9 Å². The maximum atomic E-state index is 5.79. The van der Waals surface area contributed by atoms with Gasteiger partial charge < -0.3 is 15.8 Å². The second-order valence-corrected chi connectivity index (χ2v) is 4.90. The van der Waals surface area contributed by atoms with Crippen LogP contribution >= 0.6 is 15.9 Å². The lowest BCUT2D eigenvalue weighted by atomic mass is 10.1. The molecule has 94 valence electrons. The third-order valence-corrected chi connectivity index (χ3v) is 3.35. The maximum Gasteiger partial charge on any atom is 0.135 e. The summed E-state index contributed by atoms with van der Waals surface area (Å²) in [7, 11) is 1.65. The van der Waals surface area contributed by atoms with Crippen LogP contribution in [0.1, 0.15) is 5.56 Å². The molecule has 0 aliphatic rings. The summed E-state index contributed by atoms with van der Waals surface area (Å²) in [6.45, 7) is 2.04. The number of nitrogens with two attached hydrogens (primary N) is 1. The molecule has 0 aliphatic carbocycles. The molecule has 3 nitrogen and oxygen atoms in total. The summed E-state index contributed by atoms with van der Waals surface area (Å²) < 4.78 is 6.20. The van der Waals surface area contributed by atoms with Crippen molar-refractivity contribution in [3.8, 4) is 5.75 Å². The Bertz CT molecular complexity index is 570. The van der Waals surface area contributed by atoms with Gasteiger partial charge in [-0.15, -0.1) is 0 Å². The summed E-state index contributed by atoms with van der Waals surface area (Å²) in [5, 5.41) is 3.33. The van der Waals surface area contributed by atoms with E-state index in [1.54, 1.807) is 7.11 Å². The average Bonchev–Trinajstić information content (AvgIpc) is 2.36. The Kier molecular flexibility index (Phi) is 3.77. The van der Waals surface area contributed by atoms with Crippen LogP contribution in [0.4, 0.5) is 17.1 Å². The van der Waals surface area contributed by atoms with Crippen LogP contribution in [-0.2, 0) is 0 Å². The zero-order chi connectivity index (χ0) is 13.1. The highest BCUT2D eigenvalue weighted by Gasteiger charge is 2.04. The van der Waals surface area contributed by atoms with Crippen molar-refractivity contribution in [3.05, 3.63) is 46.4 Å². The van der Waals surface area contributed by atoms with Gasteiger partial charge in [-0.1, -0.05) is 6.07 Å². The molecular weight excluding hydrogens is 292 g/mol. The van der Waals surface area contributed by atoms with Gasteiger partial charge in [0, 0.05) is 23.1 Å². The molecule has 0 atom stereocenters. The highest BCUT2D eigenvalue weighted by atomic mass is 79.9. The Morgan fingerprint density at radius 3 is 2.67 bits per heavy atom. The van der Waals surface area contributed by atoms with E-state index < -0.39 is 0 Å². The summed E-state index contributed by atoms with van der Waals surface area (Å²) in [5.41, 5.74) is 9.64. The van der Waals surface area contributed by atoms with Gasteiger partial charge in [-0.25, -0.2) is 0 Å². The predicted molar refractivity (Wildman–Crippen MR) is 79.6 cm³/mol. The van der Waals surface area contributed by atoms with Crippen LogP contribution in [0.25, 0.3) is 0 Å². The first-order valence-corrected chi connectivity index (χ1v) is 6.36. The van der Waals surface area contributed by atoms with E-state index in [4.69, 9.17) is 10.5 Å². The first-order chi connectivity index (χ1) is 8.60. The van der Waals surface area contributed by atoms with Crippen molar-refractivity contribution in [3.63, 3.8) is 0 Å². The Hall–Kier alpha value is -1.68. The third-order valence-electron chi connectivity index (χ3n) is 2.69. The maximum absolute atomic E-state index is 5.79. The molecule has 0 radical (unpaired) electrons. The molecule has 2 rings (SSSR count). The van der Waals surface area contributed by atoms with Gasteiger partial charge in [-0.2, -0.15) is 0 Å². The first kappa shape index (κ1) is 12.8. The molecule has 0 aliphatic heterocycles. The number of aryl methyl sites for hydroxylation is 1. The minimum Gasteiger partial charge on any atom is -0.495 e. The molecule has 0 bridgehead atoms. The third kappa shape index (κ3) is 2.76. The Morgan fingerprint density at radius 2 is 1.94 bits per heavy atom. The number of benzene rings is 2. The normalized spacial score (nSPS) is 10.2. The van der Waals surface area contributed by atoms with E-state index in [-0.39, 0.29) is 0 Å². The quantitative estimate of drug-likeness (QED) is 0.840. The fourth-order valence-electron chi connectivity index (χ4n) is 1.67. The van der Waals surface area contributed by atoms with Crippen molar-refractivity contribution in [2.45, 2.75) is 6.92 Å². The van der Waals surface area contributed by atoms with Crippen LogP contribution in [-0.4, -0.2) is 7.11 Å². The largest absolute Gasteiger partial charge is 0.495 e. The van der Waals surface area contributed by atoms with Gasteiger partial charge in [0.25, 0.3) is 0 Å². The Balaban J connectivity index is 2.31. The van der Waals surface area contributed by atoms with Crippen LogP contribution in [0.5, 0.6) is 5.75 Å². The second kappa shape index (κ2) is 5.31. The summed E-state index contributed by atoms with van der Waals surface area (Å²) in [5.74, 6) is 0.793. The zero-order valence-corrected chi connectivity index (χ0v) is 11.9. The van der Waals surface area contributed by atoms with Crippen LogP contribution in [0.2, 0.25) is 0 Å². The molecule has 0 saturated heterocycles. The van der Waals surface area contributed by atoms with E-state index in [1.807, 2.05) is 43.3 Å². The van der Waals surface area contributed by atoms with Gasteiger partial charge in [-0.3, -0.25) is 0 Å². The van der Waals surface area contributed by atoms with Crippen molar-refractivity contribution in [2.24, 2.45) is 0 Å². The molecule has 0 unspecified atom stereocenters. The molecule has 0 spiro atoms. The van der Waals surface area contributed by atoms with Gasteiger partial charge in [0.1, 0.15) is 5.75 Å². The number of nitrogen functional groups attached to an aromatic ring is 1. The monoisotopic (exact) mass is 306 g/mol. The summed E-state index contributed by atoms with van der Waals surface area (Å²) in [6.07, 6.45) is 0. The van der Waals surface area contributed by atoms with E-state index in [0.717, 1.165) is 32.8 Å². The number of anilines is 3. The molecule has 0 aromatic heterocycles. The fourth-order valence-corrected chi connectivity index (χ4v) is 2.08. The second-order valence-electron chi connectivity index (χ2n) is 4.05. The number of hydrogen-bond donors (Lipinski definition) is 2. The Labute approximate surface area is 115 Å². The molecule has 18 heavy (non-hydrogen) atoms. The molecular formula is C14H15BrN2O. The van der Waals surface area contributed by atoms with Gasteiger partial charge >= 0.3 is 0 Å². The summed E-state index contributed by atoms with van der Waals surface area (Å²) in [6, 6.07) is 11.7. The summed E-state index contributed by atoms with van der Waals surface area (Å²) in [4.78, 5) is 0. The van der Waals surface area contributed by atoms with Crippen molar-refractivity contribution >= 4 is 33.0 Å². The van der Waals surface area contributed by atoms with E-state index >= 15 is 0 Å². The minimum absolute atomic E-state index is 0.743. The number of nitrogens with one attached hydrogen (secondary N) is 1. The average molecular weight is 307 g/mol. The van der Waals surface area contributed by atoms with Crippen LogP contribution in [0, 0.1) is 6.92 Å². The number of halogens is 1. The van der Waals surface area contributed by atoms with Crippen molar-refractivity contribution in [1.82, 2.24) is 0 Å². The van der Waals surface area contributed by atoms with Crippen LogP contribution < -0.4 is 15.8 Å². The van der Waals surface area contributed by atoms with Gasteiger partial charge in [0.15, 0.2) is 0 Å². The molecule has 3 N–H and O–H groups in total. The number of methoxy groups -OCH3 is 1. The van der Waals surface area contributed by atoms with Crippen molar-refractivity contribution in [2.75, 3.05) is 18.2 Å². The van der Waals surface area contributed by atoms with E-state index in [1.165, 1.54) is 0 Å². The number of rotatable bonds is 3. The lowest BCUT2D eigenvalue weighted by Gasteiger charge is -2.12. The minimum atomic E-state index is 0.743. The van der Waals surface area contributed by atoms with Crippen molar-refractivity contribution < 1.29 is 4.74 Å². The topological polar surface area (TPSA) is 47.3 Å². The first-order valence-electron chi connectivity index (χ1n) is 5.57. The predicted octanol–water partition coefficient (Wildman–Crippen LogP) is 4.09. The molecule has 2 aromatic carbocycles. The highest BCUT2D eigenvalue weighted by molar-refractivity contribution is 9.10. The smallest absolute Gasteiger partial charge is 0.135 e. The van der Waals surface area contributed by atoms with E-state index in [2.05, 4.69) is 21.2 Å². The van der Waals surface area contributed by atoms with E-state index in [9.17, 15) is 0 Å². The molecule has 2 aromatic rings. The van der Waals surface area contributed by atoms with Crippen molar-refractivity contribution in [1.29, 1.82) is 0 Å². The lowest BCUT2D eigenvalue weighted by molar-refractivity contribution is 0.412. The zero-order valence-electron chi connectivity index (χ0n) is 10.3. The lowest BCUT2D eigenvalue weighted by Crippen LogP contribution is -1.96. The standard InChI is InChI=1S/C14H15BrN2O/c1-9-3-4-10(16)7-13(9)17-11-5-6-12(15)14(8-11)18-2/h3-8,17H,16H2,1-2H3. The molecule has 0 saturated carbocycles. The molecule has 0 fully saturated rings. The highest BCUT2D eigenvalue weighted by Crippen LogP contribution is 2.30.